The number of Topliss-reactive ketones (excluding diaryl/α,β-unsaturated/α-hetero) is 1. The van der Waals surface area contributed by atoms with E-state index in [1.807, 2.05) is 4.90 Å². The largest absolute Gasteiger partial charge is 0.454 e. The lowest BCUT2D eigenvalue weighted by Crippen LogP contribution is -2.33. The first kappa shape index (κ1) is 20.4. The Kier molecular flexibility index (Phi) is 6.21. The Balaban J connectivity index is 1.70. The smallest absolute Gasteiger partial charge is 0.338 e. The molecule has 0 radical (unpaired) electrons. The van der Waals surface area contributed by atoms with E-state index in [2.05, 4.69) is 6.92 Å². The van der Waals surface area contributed by atoms with Gasteiger partial charge in [-0.15, -0.1) is 0 Å². The number of carbonyl (C=O) groups excluding carboxylic acids is 2. The van der Waals surface area contributed by atoms with E-state index < -0.39 is 29.1 Å². The fraction of sp³-hybridized carbons (Fsp3) is 0.333. The number of halogens is 1. The molecule has 0 aliphatic carbocycles. The second kappa shape index (κ2) is 8.81. The Morgan fingerprint density at radius 3 is 2.38 bits per heavy atom. The third-order valence-electron chi connectivity index (χ3n) is 5.03. The highest BCUT2D eigenvalue weighted by atomic mass is 19.1. The van der Waals surface area contributed by atoms with Crippen molar-refractivity contribution in [2.24, 2.45) is 5.92 Å². The second-order valence-electron chi connectivity index (χ2n) is 7.14. The minimum atomic E-state index is -0.831. The van der Waals surface area contributed by atoms with Crippen LogP contribution in [0.2, 0.25) is 0 Å². The predicted octanol–water partition coefficient (Wildman–Crippen LogP) is 4.01. The number of piperidine rings is 1. The second-order valence-corrected chi connectivity index (χ2v) is 7.14. The third-order valence-corrected chi connectivity index (χ3v) is 5.03. The summed E-state index contributed by atoms with van der Waals surface area (Å²) >= 11 is 0. The van der Waals surface area contributed by atoms with Gasteiger partial charge in [-0.2, -0.15) is 0 Å². The molecule has 0 unspecified atom stereocenters. The van der Waals surface area contributed by atoms with E-state index in [4.69, 9.17) is 4.74 Å². The third kappa shape index (κ3) is 4.96. The van der Waals surface area contributed by atoms with Crippen LogP contribution in [0.4, 0.5) is 15.8 Å². The Bertz CT molecular complexity index is 921. The molecular weight excluding hydrogens is 379 g/mol. The molecular formula is C21H21FN2O5. The molecule has 0 spiro atoms. The van der Waals surface area contributed by atoms with Gasteiger partial charge in [0.15, 0.2) is 12.4 Å². The average Bonchev–Trinajstić information content (AvgIpc) is 2.72. The Labute approximate surface area is 167 Å². The molecule has 1 aliphatic rings. The first-order chi connectivity index (χ1) is 13.8. The molecule has 1 aliphatic heterocycles. The molecule has 2 aromatic carbocycles. The summed E-state index contributed by atoms with van der Waals surface area (Å²) in [4.78, 5) is 37.3. The minimum absolute atomic E-state index is 0.00210. The number of carbonyl (C=O) groups is 2. The molecule has 1 fully saturated rings. The number of hydrogen-bond acceptors (Lipinski definition) is 6. The van der Waals surface area contributed by atoms with Crippen molar-refractivity contribution >= 4 is 23.1 Å². The van der Waals surface area contributed by atoms with E-state index in [0.717, 1.165) is 38.1 Å². The van der Waals surface area contributed by atoms with Gasteiger partial charge in [-0.1, -0.05) is 6.92 Å². The van der Waals surface area contributed by atoms with Crippen LogP contribution in [0.1, 0.15) is 40.5 Å². The van der Waals surface area contributed by atoms with Crippen LogP contribution in [0.15, 0.2) is 42.5 Å². The van der Waals surface area contributed by atoms with Gasteiger partial charge in [0.25, 0.3) is 5.69 Å². The normalized spacial score (nSPS) is 14.5. The molecule has 0 bridgehead atoms. The van der Waals surface area contributed by atoms with Crippen LogP contribution in [-0.2, 0) is 4.74 Å². The maximum absolute atomic E-state index is 12.9. The summed E-state index contributed by atoms with van der Waals surface area (Å²) < 4.78 is 17.9. The summed E-state index contributed by atoms with van der Waals surface area (Å²) in [6.07, 6.45) is 1.90. The number of ether oxygens (including phenoxy) is 1. The fourth-order valence-corrected chi connectivity index (χ4v) is 3.25. The van der Waals surface area contributed by atoms with E-state index in [9.17, 15) is 24.1 Å². The van der Waals surface area contributed by atoms with E-state index in [0.29, 0.717) is 11.6 Å². The summed E-state index contributed by atoms with van der Waals surface area (Å²) in [5.41, 5.74) is 0.511. The zero-order chi connectivity index (χ0) is 21.0. The van der Waals surface area contributed by atoms with E-state index in [1.54, 1.807) is 6.07 Å². The van der Waals surface area contributed by atoms with Crippen molar-refractivity contribution in [3.8, 4) is 0 Å². The molecule has 1 saturated heterocycles. The Hall–Kier alpha value is -3.29. The number of nitro groups is 1. The van der Waals surface area contributed by atoms with Crippen LogP contribution in [0.5, 0.6) is 0 Å². The summed E-state index contributed by atoms with van der Waals surface area (Å²) in [7, 11) is 0. The highest BCUT2D eigenvalue weighted by molar-refractivity contribution is 5.99. The first-order valence-corrected chi connectivity index (χ1v) is 9.34. The molecule has 0 aromatic heterocycles. The molecule has 7 nitrogen and oxygen atoms in total. The van der Waals surface area contributed by atoms with Crippen LogP contribution < -0.4 is 4.90 Å². The molecule has 1 heterocycles. The van der Waals surface area contributed by atoms with Gasteiger partial charge < -0.3 is 9.64 Å². The molecule has 29 heavy (non-hydrogen) atoms. The lowest BCUT2D eigenvalue weighted by molar-refractivity contribution is -0.384. The molecule has 152 valence electrons. The number of nitrogens with zero attached hydrogens (tertiary/aromatic N) is 2. The zero-order valence-corrected chi connectivity index (χ0v) is 16.0. The van der Waals surface area contributed by atoms with Gasteiger partial charge >= 0.3 is 5.97 Å². The van der Waals surface area contributed by atoms with Gasteiger partial charge in [0, 0.05) is 24.7 Å². The number of ketones is 1. The van der Waals surface area contributed by atoms with E-state index >= 15 is 0 Å². The fourth-order valence-electron chi connectivity index (χ4n) is 3.25. The Morgan fingerprint density at radius 2 is 1.76 bits per heavy atom. The number of hydrogen-bond donors (Lipinski definition) is 0. The van der Waals surface area contributed by atoms with Crippen molar-refractivity contribution < 1.29 is 23.6 Å². The van der Waals surface area contributed by atoms with Crippen LogP contribution >= 0.6 is 0 Å². The van der Waals surface area contributed by atoms with Gasteiger partial charge in [0.1, 0.15) is 11.5 Å². The lowest BCUT2D eigenvalue weighted by atomic mass is 9.98. The van der Waals surface area contributed by atoms with Crippen LogP contribution in [0, 0.1) is 21.8 Å². The summed E-state index contributed by atoms with van der Waals surface area (Å²) in [6.45, 7) is 3.05. The van der Waals surface area contributed by atoms with Crippen LogP contribution in [-0.4, -0.2) is 36.4 Å². The molecule has 8 heteroatoms. The van der Waals surface area contributed by atoms with Gasteiger partial charge in [-0.05, 0) is 55.2 Å². The maximum Gasteiger partial charge on any atom is 0.338 e. The van der Waals surface area contributed by atoms with Crippen molar-refractivity contribution in [1.29, 1.82) is 0 Å². The zero-order valence-electron chi connectivity index (χ0n) is 16.0. The molecule has 0 amide bonds. The number of nitro benzene ring substituents is 1. The maximum atomic E-state index is 12.9. The summed E-state index contributed by atoms with van der Waals surface area (Å²) in [5, 5.41) is 11.5. The van der Waals surface area contributed by atoms with Crippen molar-refractivity contribution in [3.63, 3.8) is 0 Å². The molecule has 3 rings (SSSR count). The van der Waals surface area contributed by atoms with Crippen LogP contribution in [0.3, 0.4) is 0 Å². The average molecular weight is 400 g/mol. The van der Waals surface area contributed by atoms with Gasteiger partial charge in [0.05, 0.1) is 10.5 Å². The molecule has 0 atom stereocenters. The standard InChI is InChI=1S/C21H21FN2O5/c1-14-8-10-23(11-9-14)18-7-4-16(12-19(18)24(27)28)21(26)29-13-20(25)15-2-5-17(22)6-3-15/h2-7,12,14H,8-11,13H2,1H3. The van der Waals surface area contributed by atoms with Crippen LogP contribution in [0.25, 0.3) is 0 Å². The highest BCUT2D eigenvalue weighted by Gasteiger charge is 2.25. The van der Waals surface area contributed by atoms with E-state index in [-0.39, 0.29) is 16.8 Å². The van der Waals surface area contributed by atoms with Gasteiger partial charge in [-0.25, -0.2) is 9.18 Å². The van der Waals surface area contributed by atoms with Crippen molar-refractivity contribution in [2.75, 3.05) is 24.6 Å². The minimum Gasteiger partial charge on any atom is -0.454 e. The number of esters is 1. The lowest BCUT2D eigenvalue weighted by Gasteiger charge is -2.31. The van der Waals surface area contributed by atoms with Gasteiger partial charge in [0.2, 0.25) is 0 Å². The SMILES string of the molecule is CC1CCN(c2ccc(C(=O)OCC(=O)c3ccc(F)cc3)cc2[N+](=O)[O-])CC1. The quantitative estimate of drug-likeness (QED) is 0.315. The van der Waals surface area contributed by atoms with Crippen molar-refractivity contribution in [3.05, 3.63) is 69.5 Å². The highest BCUT2D eigenvalue weighted by Crippen LogP contribution is 2.32. The molecule has 0 saturated carbocycles. The molecule has 2 aromatic rings. The number of benzene rings is 2. The number of anilines is 1. The van der Waals surface area contributed by atoms with Crippen molar-refractivity contribution in [2.45, 2.75) is 19.8 Å². The summed E-state index contributed by atoms with van der Waals surface area (Å²) in [6, 6.07) is 9.06. The first-order valence-electron chi connectivity index (χ1n) is 9.34. The summed E-state index contributed by atoms with van der Waals surface area (Å²) in [5.74, 6) is -1.22. The topological polar surface area (TPSA) is 89.8 Å². The number of rotatable bonds is 6. The van der Waals surface area contributed by atoms with Gasteiger partial charge in [-0.3, -0.25) is 14.9 Å². The Morgan fingerprint density at radius 1 is 1.14 bits per heavy atom. The monoisotopic (exact) mass is 400 g/mol. The van der Waals surface area contributed by atoms with E-state index in [1.165, 1.54) is 24.3 Å². The predicted molar refractivity (Wildman–Crippen MR) is 105 cm³/mol. The molecule has 0 N–H and O–H groups in total. The van der Waals surface area contributed by atoms with Crippen molar-refractivity contribution in [1.82, 2.24) is 0 Å².